The molecule has 3 aromatic rings. The van der Waals surface area contributed by atoms with Gasteiger partial charge < -0.3 is 10.1 Å². The lowest BCUT2D eigenvalue weighted by Gasteiger charge is -2.34. The van der Waals surface area contributed by atoms with E-state index in [1.807, 2.05) is 18.2 Å². The number of halogens is 1. The molecule has 0 fully saturated rings. The standard InChI is InChI=1S/C23H21ClN2O4S/c24-19-12-10-17(11-13-19)14-25-23(27)22-15-26(20-8-4-5-9-21(20)30-22)31(28,29)16-18-6-2-1-3-7-18/h1-13,22H,14-16H2,(H,25,27)/t22-/m1/s1. The summed E-state index contributed by atoms with van der Waals surface area (Å²) in [5.41, 5.74) is 1.98. The average Bonchev–Trinajstić information content (AvgIpc) is 2.78. The van der Waals surface area contributed by atoms with Crippen LogP contribution < -0.4 is 14.4 Å². The summed E-state index contributed by atoms with van der Waals surface area (Å²) in [4.78, 5) is 12.8. The van der Waals surface area contributed by atoms with Crippen LogP contribution in [0.15, 0.2) is 78.9 Å². The number of hydrogen-bond acceptors (Lipinski definition) is 4. The molecular weight excluding hydrogens is 436 g/mol. The number of para-hydroxylation sites is 2. The molecule has 0 aliphatic carbocycles. The number of amides is 1. The minimum atomic E-state index is -3.73. The molecule has 0 saturated heterocycles. The zero-order chi connectivity index (χ0) is 21.8. The van der Waals surface area contributed by atoms with Crippen molar-refractivity contribution in [2.75, 3.05) is 10.8 Å². The molecule has 6 nitrogen and oxygen atoms in total. The molecule has 0 bridgehead atoms. The van der Waals surface area contributed by atoms with E-state index in [0.29, 0.717) is 22.0 Å². The lowest BCUT2D eigenvalue weighted by atomic mass is 10.2. The van der Waals surface area contributed by atoms with E-state index in [-0.39, 0.29) is 24.7 Å². The van der Waals surface area contributed by atoms with E-state index in [9.17, 15) is 13.2 Å². The molecular formula is C23H21ClN2O4S. The van der Waals surface area contributed by atoms with Crippen molar-refractivity contribution in [3.63, 3.8) is 0 Å². The zero-order valence-corrected chi connectivity index (χ0v) is 18.1. The van der Waals surface area contributed by atoms with Crippen LogP contribution in [0, 0.1) is 0 Å². The van der Waals surface area contributed by atoms with Gasteiger partial charge in [0.1, 0.15) is 5.75 Å². The van der Waals surface area contributed by atoms with Crippen molar-refractivity contribution < 1.29 is 17.9 Å². The molecule has 4 rings (SSSR count). The minimum Gasteiger partial charge on any atom is -0.476 e. The lowest BCUT2D eigenvalue weighted by Crippen LogP contribution is -2.50. The third-order valence-electron chi connectivity index (χ3n) is 4.93. The third kappa shape index (κ3) is 5.00. The predicted octanol–water partition coefficient (Wildman–Crippen LogP) is 3.75. The number of benzene rings is 3. The Labute approximate surface area is 186 Å². The molecule has 1 aliphatic heterocycles. The molecule has 3 aromatic carbocycles. The summed E-state index contributed by atoms with van der Waals surface area (Å²) in [6.07, 6.45) is -0.965. The van der Waals surface area contributed by atoms with E-state index in [4.69, 9.17) is 16.3 Å². The summed E-state index contributed by atoms with van der Waals surface area (Å²) in [5, 5.41) is 3.42. The van der Waals surface area contributed by atoms with Gasteiger partial charge in [0, 0.05) is 11.6 Å². The number of carbonyl (C=O) groups excluding carboxylic acids is 1. The van der Waals surface area contributed by atoms with Gasteiger partial charge in [-0.15, -0.1) is 0 Å². The Morgan fingerprint density at radius 2 is 1.65 bits per heavy atom. The van der Waals surface area contributed by atoms with Crippen molar-refractivity contribution in [2.24, 2.45) is 0 Å². The SMILES string of the molecule is O=C(NCc1ccc(Cl)cc1)[C@H]1CN(S(=O)(=O)Cc2ccccc2)c2ccccc2O1. The van der Waals surface area contributed by atoms with Crippen molar-refractivity contribution in [2.45, 2.75) is 18.4 Å². The molecule has 1 aliphatic rings. The Balaban J connectivity index is 1.53. The van der Waals surface area contributed by atoms with E-state index in [1.165, 1.54) is 4.31 Å². The van der Waals surface area contributed by atoms with Gasteiger partial charge in [-0.1, -0.05) is 66.2 Å². The van der Waals surface area contributed by atoms with Crippen molar-refractivity contribution in [3.8, 4) is 5.75 Å². The van der Waals surface area contributed by atoms with Gasteiger partial charge in [-0.25, -0.2) is 8.42 Å². The molecule has 31 heavy (non-hydrogen) atoms. The molecule has 0 spiro atoms. The van der Waals surface area contributed by atoms with Crippen molar-refractivity contribution in [3.05, 3.63) is 95.0 Å². The summed E-state index contributed by atoms with van der Waals surface area (Å²) in [5.74, 6) is -0.192. The maximum atomic E-state index is 13.2. The highest BCUT2D eigenvalue weighted by Crippen LogP contribution is 2.35. The first-order valence-electron chi connectivity index (χ1n) is 9.74. The monoisotopic (exact) mass is 456 g/mol. The highest BCUT2D eigenvalue weighted by Gasteiger charge is 2.36. The van der Waals surface area contributed by atoms with E-state index in [2.05, 4.69) is 5.32 Å². The molecule has 160 valence electrons. The predicted molar refractivity (Wildman–Crippen MR) is 121 cm³/mol. The summed E-state index contributed by atoms with van der Waals surface area (Å²) >= 11 is 5.89. The number of nitrogens with one attached hydrogen (secondary N) is 1. The summed E-state index contributed by atoms with van der Waals surface area (Å²) in [7, 11) is -3.73. The quantitative estimate of drug-likeness (QED) is 0.613. The fraction of sp³-hybridized carbons (Fsp3) is 0.174. The van der Waals surface area contributed by atoms with Gasteiger partial charge in [0.25, 0.3) is 5.91 Å². The van der Waals surface area contributed by atoms with Crippen LogP contribution in [0.4, 0.5) is 5.69 Å². The topological polar surface area (TPSA) is 75.7 Å². The number of ether oxygens (including phenoxy) is 1. The van der Waals surface area contributed by atoms with Crippen LogP contribution in [0.2, 0.25) is 5.02 Å². The Morgan fingerprint density at radius 1 is 0.968 bits per heavy atom. The fourth-order valence-corrected chi connectivity index (χ4v) is 5.08. The van der Waals surface area contributed by atoms with Gasteiger partial charge in [0.15, 0.2) is 6.10 Å². The Morgan fingerprint density at radius 3 is 2.39 bits per heavy atom. The fourth-order valence-electron chi connectivity index (χ4n) is 3.37. The van der Waals surface area contributed by atoms with E-state index >= 15 is 0 Å². The summed E-state index contributed by atoms with van der Waals surface area (Å²) < 4.78 is 33.6. The number of anilines is 1. The lowest BCUT2D eigenvalue weighted by molar-refractivity contribution is -0.127. The molecule has 0 aromatic heterocycles. The molecule has 8 heteroatoms. The minimum absolute atomic E-state index is 0.0986. The molecule has 1 amide bonds. The largest absolute Gasteiger partial charge is 0.476 e. The number of fused-ring (bicyclic) bond motifs is 1. The number of sulfonamides is 1. The normalized spacial score (nSPS) is 15.6. The van der Waals surface area contributed by atoms with Gasteiger partial charge in [-0.3, -0.25) is 9.10 Å². The van der Waals surface area contributed by atoms with Crippen LogP contribution in [-0.2, 0) is 27.1 Å². The Kier molecular flexibility index (Phi) is 6.15. The van der Waals surface area contributed by atoms with Crippen LogP contribution in [-0.4, -0.2) is 27.0 Å². The molecule has 1 atom stereocenters. The Bertz CT molecular complexity index is 1170. The van der Waals surface area contributed by atoms with Gasteiger partial charge in [0.2, 0.25) is 10.0 Å². The summed E-state index contributed by atoms with van der Waals surface area (Å²) in [6, 6.07) is 22.9. The summed E-state index contributed by atoms with van der Waals surface area (Å²) in [6.45, 7) is 0.187. The van der Waals surface area contributed by atoms with Gasteiger partial charge in [-0.05, 0) is 35.4 Å². The number of nitrogens with zero attached hydrogens (tertiary/aromatic N) is 1. The Hall–Kier alpha value is -3.03. The van der Waals surface area contributed by atoms with Gasteiger partial charge >= 0.3 is 0 Å². The first-order valence-corrected chi connectivity index (χ1v) is 11.7. The number of carbonyl (C=O) groups is 1. The van der Waals surface area contributed by atoms with Gasteiger partial charge in [0.05, 0.1) is 18.0 Å². The highest BCUT2D eigenvalue weighted by molar-refractivity contribution is 7.92. The third-order valence-corrected chi connectivity index (χ3v) is 6.90. The molecule has 0 unspecified atom stereocenters. The van der Waals surface area contributed by atoms with Gasteiger partial charge in [-0.2, -0.15) is 0 Å². The average molecular weight is 457 g/mol. The van der Waals surface area contributed by atoms with Crippen molar-refractivity contribution >= 4 is 33.2 Å². The van der Waals surface area contributed by atoms with E-state index in [0.717, 1.165) is 5.56 Å². The van der Waals surface area contributed by atoms with E-state index in [1.54, 1.807) is 60.7 Å². The van der Waals surface area contributed by atoms with E-state index < -0.39 is 16.1 Å². The smallest absolute Gasteiger partial charge is 0.263 e. The first-order chi connectivity index (χ1) is 14.9. The highest BCUT2D eigenvalue weighted by atomic mass is 35.5. The number of rotatable bonds is 6. The van der Waals surface area contributed by atoms with Crippen molar-refractivity contribution in [1.82, 2.24) is 5.32 Å². The molecule has 0 radical (unpaired) electrons. The molecule has 1 N–H and O–H groups in total. The number of hydrogen-bond donors (Lipinski definition) is 1. The molecule has 0 saturated carbocycles. The second-order valence-corrected chi connectivity index (χ2v) is 9.52. The maximum Gasteiger partial charge on any atom is 0.263 e. The van der Waals surface area contributed by atoms with Crippen LogP contribution in [0.3, 0.4) is 0 Å². The van der Waals surface area contributed by atoms with Crippen LogP contribution in [0.5, 0.6) is 5.75 Å². The van der Waals surface area contributed by atoms with Crippen LogP contribution in [0.25, 0.3) is 0 Å². The zero-order valence-electron chi connectivity index (χ0n) is 16.6. The second-order valence-electron chi connectivity index (χ2n) is 7.19. The second kappa shape index (κ2) is 8.99. The van der Waals surface area contributed by atoms with Crippen LogP contribution in [0.1, 0.15) is 11.1 Å². The molecule has 1 heterocycles. The van der Waals surface area contributed by atoms with Crippen molar-refractivity contribution in [1.29, 1.82) is 0 Å². The first kappa shape index (κ1) is 21.2. The van der Waals surface area contributed by atoms with Crippen LogP contribution >= 0.6 is 11.6 Å². The maximum absolute atomic E-state index is 13.2.